The number of nitrogens with two attached hydrogens (primary N) is 1. The molecule has 0 spiro atoms. The molecule has 3 aromatic rings. The third-order valence-corrected chi connectivity index (χ3v) is 4.88. The van der Waals surface area contributed by atoms with Gasteiger partial charge in [-0.05, 0) is 32.0 Å². The molecule has 12 heteroatoms. The largest absolute Gasteiger partial charge is 0.469 e. The van der Waals surface area contributed by atoms with E-state index in [-0.39, 0.29) is 5.69 Å². The first-order valence-electron chi connectivity index (χ1n) is 7.94. The number of furan rings is 1. The van der Waals surface area contributed by atoms with Gasteiger partial charge in [-0.2, -0.15) is 4.39 Å². The Morgan fingerprint density at radius 3 is 2.82 bits per heavy atom. The van der Waals surface area contributed by atoms with Crippen molar-refractivity contribution in [2.45, 2.75) is 24.3 Å². The maximum absolute atomic E-state index is 13.4. The van der Waals surface area contributed by atoms with Crippen LogP contribution in [-0.4, -0.2) is 31.0 Å². The Balaban J connectivity index is 1.72. The van der Waals surface area contributed by atoms with Gasteiger partial charge in [-0.1, -0.05) is 11.8 Å². The molecule has 3 N–H and O–H groups in total. The van der Waals surface area contributed by atoms with Crippen LogP contribution in [0.5, 0.6) is 0 Å². The summed E-state index contributed by atoms with van der Waals surface area (Å²) in [6, 6.07) is 4.81. The summed E-state index contributed by atoms with van der Waals surface area (Å²) in [7, 11) is 0. The fraction of sp³-hybridized carbons (Fsp3) is 0.188. The number of benzene rings is 1. The Labute approximate surface area is 162 Å². The van der Waals surface area contributed by atoms with Crippen molar-refractivity contribution >= 4 is 29.0 Å². The van der Waals surface area contributed by atoms with Gasteiger partial charge in [0.15, 0.2) is 5.82 Å². The summed E-state index contributed by atoms with van der Waals surface area (Å²) in [5, 5.41) is 20.9. The molecule has 1 aromatic carbocycles. The molecule has 0 bridgehead atoms. The van der Waals surface area contributed by atoms with Crippen molar-refractivity contribution in [1.29, 1.82) is 0 Å². The minimum absolute atomic E-state index is 0.106. The molecular formula is C16H15FN6O4S. The maximum Gasteiger partial charge on any atom is 0.306 e. The predicted octanol–water partition coefficient (Wildman–Crippen LogP) is 2.73. The van der Waals surface area contributed by atoms with Crippen LogP contribution in [0, 0.1) is 22.9 Å². The van der Waals surface area contributed by atoms with Gasteiger partial charge in [-0.15, -0.1) is 10.2 Å². The van der Waals surface area contributed by atoms with E-state index in [2.05, 4.69) is 15.5 Å². The minimum Gasteiger partial charge on any atom is -0.469 e. The molecule has 0 fully saturated rings. The van der Waals surface area contributed by atoms with Crippen LogP contribution in [0.2, 0.25) is 0 Å². The van der Waals surface area contributed by atoms with E-state index in [0.29, 0.717) is 22.3 Å². The van der Waals surface area contributed by atoms with E-state index < -0.39 is 27.6 Å². The number of nitrogens with one attached hydrogen (secondary N) is 1. The number of carbonyl (C=O) groups excluding carboxylic acids is 1. The number of nitrogen functional groups attached to an aromatic ring is 1. The van der Waals surface area contributed by atoms with E-state index in [1.165, 1.54) is 17.0 Å². The van der Waals surface area contributed by atoms with Crippen molar-refractivity contribution in [2.75, 3.05) is 11.2 Å². The molecule has 1 unspecified atom stereocenters. The average molecular weight is 406 g/mol. The number of thioether (sulfide) groups is 1. The van der Waals surface area contributed by atoms with Gasteiger partial charge in [0.2, 0.25) is 16.9 Å². The first-order valence-corrected chi connectivity index (χ1v) is 8.82. The summed E-state index contributed by atoms with van der Waals surface area (Å²) in [6.07, 6.45) is 1.50. The van der Waals surface area contributed by atoms with Crippen molar-refractivity contribution < 1.29 is 18.5 Å². The van der Waals surface area contributed by atoms with E-state index in [9.17, 15) is 19.3 Å². The quantitative estimate of drug-likeness (QED) is 0.275. The van der Waals surface area contributed by atoms with E-state index in [1.54, 1.807) is 19.9 Å². The standard InChI is InChI=1S/C16H15FN6O4S/c1-8-11(5-6-27-8)14-20-21-16(22(14)18)28-9(2)15(24)19-10-3-4-12(17)13(7-10)23(25)26/h3-7,9H,18H2,1-2H3,(H,19,24). The SMILES string of the molecule is Cc1occc1-c1nnc(SC(C)C(=O)Nc2ccc(F)c([N+](=O)[O-])c2)n1N. The molecule has 28 heavy (non-hydrogen) atoms. The summed E-state index contributed by atoms with van der Waals surface area (Å²) in [5.41, 5.74) is 0.0620. The normalized spacial score (nSPS) is 12.0. The fourth-order valence-electron chi connectivity index (χ4n) is 2.34. The van der Waals surface area contributed by atoms with Crippen LogP contribution in [-0.2, 0) is 4.79 Å². The van der Waals surface area contributed by atoms with E-state index >= 15 is 0 Å². The van der Waals surface area contributed by atoms with Crippen molar-refractivity contribution in [3.8, 4) is 11.4 Å². The van der Waals surface area contributed by atoms with Crippen molar-refractivity contribution in [3.05, 3.63) is 52.2 Å². The van der Waals surface area contributed by atoms with Crippen LogP contribution in [0.1, 0.15) is 12.7 Å². The molecule has 0 saturated heterocycles. The molecule has 2 heterocycles. The van der Waals surface area contributed by atoms with Gasteiger partial charge in [0.25, 0.3) is 0 Å². The van der Waals surface area contributed by atoms with Gasteiger partial charge in [0, 0.05) is 11.8 Å². The molecule has 146 valence electrons. The number of amides is 1. The number of halogens is 1. The lowest BCUT2D eigenvalue weighted by molar-refractivity contribution is -0.387. The number of nitrogens with zero attached hydrogens (tertiary/aromatic N) is 4. The lowest BCUT2D eigenvalue weighted by atomic mass is 10.2. The van der Waals surface area contributed by atoms with Crippen LogP contribution in [0.4, 0.5) is 15.8 Å². The van der Waals surface area contributed by atoms with Gasteiger partial charge < -0.3 is 15.6 Å². The van der Waals surface area contributed by atoms with Crippen molar-refractivity contribution in [2.24, 2.45) is 0 Å². The zero-order chi connectivity index (χ0) is 20.4. The zero-order valence-corrected chi connectivity index (χ0v) is 15.6. The minimum atomic E-state index is -0.983. The fourth-order valence-corrected chi connectivity index (χ4v) is 3.11. The predicted molar refractivity (Wildman–Crippen MR) is 99.6 cm³/mol. The molecule has 2 aromatic heterocycles. The van der Waals surface area contributed by atoms with E-state index in [4.69, 9.17) is 10.3 Å². The van der Waals surface area contributed by atoms with Crippen LogP contribution in [0.3, 0.4) is 0 Å². The summed E-state index contributed by atoms with van der Waals surface area (Å²) in [4.78, 5) is 22.3. The van der Waals surface area contributed by atoms with Crippen LogP contribution in [0.15, 0.2) is 40.1 Å². The van der Waals surface area contributed by atoms with Gasteiger partial charge in [0.05, 0.1) is 22.0 Å². The molecule has 0 saturated carbocycles. The molecule has 10 nitrogen and oxygen atoms in total. The monoisotopic (exact) mass is 406 g/mol. The van der Waals surface area contributed by atoms with Gasteiger partial charge in [0.1, 0.15) is 5.76 Å². The lowest BCUT2D eigenvalue weighted by Crippen LogP contribution is -2.23. The number of hydrogen-bond donors (Lipinski definition) is 2. The number of aromatic nitrogens is 3. The Bertz CT molecular complexity index is 1050. The highest BCUT2D eigenvalue weighted by Crippen LogP contribution is 2.28. The molecule has 1 atom stereocenters. The molecule has 0 aliphatic heterocycles. The third-order valence-electron chi connectivity index (χ3n) is 3.83. The first-order chi connectivity index (χ1) is 13.3. The smallest absolute Gasteiger partial charge is 0.306 e. The second kappa shape index (κ2) is 7.68. The van der Waals surface area contributed by atoms with Crippen LogP contribution in [0.25, 0.3) is 11.4 Å². The number of carbonyl (C=O) groups is 1. The number of anilines is 1. The second-order valence-electron chi connectivity index (χ2n) is 5.74. The summed E-state index contributed by atoms with van der Waals surface area (Å²) in [5.74, 6) is 5.58. The van der Waals surface area contributed by atoms with Gasteiger partial charge >= 0.3 is 5.69 Å². The summed E-state index contributed by atoms with van der Waals surface area (Å²) in [6.45, 7) is 3.37. The Morgan fingerprint density at radius 1 is 1.43 bits per heavy atom. The average Bonchev–Trinajstić information content (AvgIpc) is 3.22. The number of aryl methyl sites for hydroxylation is 1. The van der Waals surface area contributed by atoms with Crippen molar-refractivity contribution in [3.63, 3.8) is 0 Å². The van der Waals surface area contributed by atoms with Gasteiger partial charge in [-0.3, -0.25) is 14.9 Å². The molecule has 0 radical (unpaired) electrons. The Hall–Kier alpha value is -3.41. The topological polar surface area (TPSA) is 142 Å². The number of rotatable bonds is 6. The van der Waals surface area contributed by atoms with Crippen LogP contribution < -0.4 is 11.2 Å². The second-order valence-corrected chi connectivity index (χ2v) is 7.05. The number of nitro benzene ring substituents is 1. The summed E-state index contributed by atoms with van der Waals surface area (Å²) < 4.78 is 19.9. The number of nitro groups is 1. The first kappa shape index (κ1) is 19.4. The van der Waals surface area contributed by atoms with Gasteiger partial charge in [-0.25, -0.2) is 4.68 Å². The molecular weight excluding hydrogens is 391 g/mol. The highest BCUT2D eigenvalue weighted by Gasteiger charge is 2.22. The molecule has 1 amide bonds. The number of hydrogen-bond acceptors (Lipinski definition) is 8. The molecule has 0 aliphatic carbocycles. The van der Waals surface area contributed by atoms with E-state index in [0.717, 1.165) is 23.9 Å². The zero-order valence-electron chi connectivity index (χ0n) is 14.7. The Kier molecular flexibility index (Phi) is 5.31. The maximum atomic E-state index is 13.4. The third kappa shape index (κ3) is 3.81. The Morgan fingerprint density at radius 2 is 2.18 bits per heavy atom. The molecule has 3 rings (SSSR count). The van der Waals surface area contributed by atoms with E-state index in [1.807, 2.05) is 0 Å². The highest BCUT2D eigenvalue weighted by atomic mass is 32.2. The summed E-state index contributed by atoms with van der Waals surface area (Å²) >= 11 is 1.05. The lowest BCUT2D eigenvalue weighted by Gasteiger charge is -2.11. The van der Waals surface area contributed by atoms with Crippen LogP contribution >= 0.6 is 11.8 Å². The molecule has 0 aliphatic rings. The van der Waals surface area contributed by atoms with Crippen molar-refractivity contribution in [1.82, 2.24) is 14.9 Å². The highest BCUT2D eigenvalue weighted by molar-refractivity contribution is 8.00.